The van der Waals surface area contributed by atoms with Gasteiger partial charge in [-0.05, 0) is 24.6 Å². The van der Waals surface area contributed by atoms with Crippen LogP contribution in [-0.4, -0.2) is 29.3 Å². The molecule has 2 N–H and O–H groups in total. The average molecular weight is 312 g/mol. The Balaban J connectivity index is 2.00. The number of hydrogen-bond acceptors (Lipinski definition) is 4. The smallest absolute Gasteiger partial charge is 0.240 e. The molecular formula is C13H14ClN3O2S. The number of nitrogens with zero attached hydrogens (tertiary/aromatic N) is 1. The number of hydrogen-bond donors (Lipinski definition) is 2. The zero-order chi connectivity index (χ0) is 14.7. The highest BCUT2D eigenvalue weighted by Gasteiger charge is 2.31. The van der Waals surface area contributed by atoms with Crippen molar-refractivity contribution in [1.82, 2.24) is 5.32 Å². The molecule has 7 heteroatoms. The zero-order valence-corrected chi connectivity index (χ0v) is 12.6. The topological polar surface area (TPSA) is 70.6 Å². The molecule has 2 amide bonds. The number of thioether (sulfide) groups is 1. The summed E-state index contributed by atoms with van der Waals surface area (Å²) >= 11 is 7.26. The SMILES string of the molecule is CN=C1NC(=O)[C@@H](CC(=O)Nc2cccc(Cl)c2C)S1. The Labute approximate surface area is 126 Å². The third-order valence-corrected chi connectivity index (χ3v) is 4.47. The normalized spacial score (nSPS) is 20.1. The minimum atomic E-state index is -0.437. The number of amides is 2. The maximum Gasteiger partial charge on any atom is 0.240 e. The van der Waals surface area contributed by atoms with E-state index in [1.165, 1.54) is 11.8 Å². The van der Waals surface area contributed by atoms with Gasteiger partial charge in [-0.1, -0.05) is 29.4 Å². The van der Waals surface area contributed by atoms with E-state index in [-0.39, 0.29) is 18.2 Å². The first kappa shape index (κ1) is 14.9. The summed E-state index contributed by atoms with van der Waals surface area (Å²) in [6, 6.07) is 5.31. The highest BCUT2D eigenvalue weighted by Crippen LogP contribution is 2.25. The number of halogens is 1. The summed E-state index contributed by atoms with van der Waals surface area (Å²) in [5, 5.41) is 6.10. The van der Waals surface area contributed by atoms with Crippen LogP contribution in [0.25, 0.3) is 0 Å². The minimum absolute atomic E-state index is 0.0987. The molecular weight excluding hydrogens is 298 g/mol. The number of anilines is 1. The molecule has 106 valence electrons. The van der Waals surface area contributed by atoms with E-state index >= 15 is 0 Å². The molecule has 1 aromatic rings. The van der Waals surface area contributed by atoms with Gasteiger partial charge in [-0.2, -0.15) is 0 Å². The van der Waals surface area contributed by atoms with Gasteiger partial charge in [0.2, 0.25) is 11.8 Å². The fourth-order valence-corrected chi connectivity index (χ4v) is 2.87. The molecule has 0 unspecified atom stereocenters. The van der Waals surface area contributed by atoms with Crippen LogP contribution >= 0.6 is 23.4 Å². The van der Waals surface area contributed by atoms with Crippen molar-refractivity contribution >= 4 is 46.0 Å². The summed E-state index contributed by atoms with van der Waals surface area (Å²) in [7, 11) is 1.60. The second-order valence-electron chi connectivity index (χ2n) is 4.29. The molecule has 1 atom stereocenters. The van der Waals surface area contributed by atoms with Gasteiger partial charge in [0.25, 0.3) is 0 Å². The van der Waals surface area contributed by atoms with E-state index < -0.39 is 5.25 Å². The van der Waals surface area contributed by atoms with Crippen molar-refractivity contribution in [3.05, 3.63) is 28.8 Å². The number of amidine groups is 1. The second-order valence-corrected chi connectivity index (χ2v) is 5.89. The molecule has 1 fully saturated rings. The molecule has 20 heavy (non-hydrogen) atoms. The first-order valence-electron chi connectivity index (χ1n) is 6.00. The van der Waals surface area contributed by atoms with Crippen molar-refractivity contribution in [3.63, 3.8) is 0 Å². The highest BCUT2D eigenvalue weighted by molar-refractivity contribution is 8.15. The Morgan fingerprint density at radius 2 is 2.30 bits per heavy atom. The van der Waals surface area contributed by atoms with Gasteiger partial charge in [-0.15, -0.1) is 0 Å². The Kier molecular flexibility index (Phi) is 4.67. The Morgan fingerprint density at radius 3 is 2.95 bits per heavy atom. The lowest BCUT2D eigenvalue weighted by Crippen LogP contribution is -2.28. The van der Waals surface area contributed by atoms with Crippen LogP contribution in [0.4, 0.5) is 5.69 Å². The summed E-state index contributed by atoms with van der Waals surface area (Å²) < 4.78 is 0. The van der Waals surface area contributed by atoms with Crippen molar-refractivity contribution in [3.8, 4) is 0 Å². The van der Waals surface area contributed by atoms with E-state index in [0.717, 1.165) is 5.56 Å². The number of carbonyl (C=O) groups is 2. The van der Waals surface area contributed by atoms with Gasteiger partial charge in [0.1, 0.15) is 5.25 Å². The minimum Gasteiger partial charge on any atom is -0.326 e. The van der Waals surface area contributed by atoms with Gasteiger partial charge in [0, 0.05) is 24.2 Å². The van der Waals surface area contributed by atoms with E-state index in [4.69, 9.17) is 11.6 Å². The van der Waals surface area contributed by atoms with Gasteiger partial charge in [-0.3, -0.25) is 14.6 Å². The predicted molar refractivity (Wildman–Crippen MR) is 82.3 cm³/mol. The largest absolute Gasteiger partial charge is 0.326 e. The van der Waals surface area contributed by atoms with Crippen LogP contribution in [0.3, 0.4) is 0 Å². The maximum absolute atomic E-state index is 12.0. The molecule has 1 aromatic carbocycles. The van der Waals surface area contributed by atoms with E-state index in [9.17, 15) is 9.59 Å². The number of nitrogens with one attached hydrogen (secondary N) is 2. The van der Waals surface area contributed by atoms with Gasteiger partial charge in [-0.25, -0.2) is 0 Å². The Bertz CT molecular complexity index is 589. The number of carbonyl (C=O) groups excluding carboxylic acids is 2. The summed E-state index contributed by atoms with van der Waals surface area (Å²) in [5.41, 5.74) is 1.47. The third-order valence-electron chi connectivity index (χ3n) is 2.89. The first-order chi connectivity index (χ1) is 9.51. The van der Waals surface area contributed by atoms with Crippen molar-refractivity contribution in [2.24, 2.45) is 4.99 Å². The van der Waals surface area contributed by atoms with E-state index in [1.807, 2.05) is 6.92 Å². The second kappa shape index (κ2) is 6.28. The standard InChI is InChI=1S/C13H14ClN3O2S/c1-7-8(14)4-3-5-9(7)16-11(18)6-10-12(19)17-13(15-2)20-10/h3-5,10H,6H2,1-2H3,(H,16,18)(H,15,17,19)/t10-/m1/s1. The summed E-state index contributed by atoms with van der Waals surface area (Å²) in [4.78, 5) is 27.5. The first-order valence-corrected chi connectivity index (χ1v) is 7.26. The molecule has 1 heterocycles. The van der Waals surface area contributed by atoms with Crippen molar-refractivity contribution in [2.45, 2.75) is 18.6 Å². The number of aliphatic imine (C=N–C) groups is 1. The molecule has 2 rings (SSSR count). The molecule has 0 bridgehead atoms. The average Bonchev–Trinajstić information content (AvgIpc) is 2.76. The lowest BCUT2D eigenvalue weighted by atomic mass is 10.2. The van der Waals surface area contributed by atoms with Crippen molar-refractivity contribution in [2.75, 3.05) is 12.4 Å². The van der Waals surface area contributed by atoms with Crippen molar-refractivity contribution in [1.29, 1.82) is 0 Å². The number of benzene rings is 1. The summed E-state index contributed by atoms with van der Waals surface area (Å²) in [5.74, 6) is -0.408. The van der Waals surface area contributed by atoms with Crippen LogP contribution in [-0.2, 0) is 9.59 Å². The molecule has 5 nitrogen and oxygen atoms in total. The summed E-state index contributed by atoms with van der Waals surface area (Å²) in [6.07, 6.45) is 0.0987. The predicted octanol–water partition coefficient (Wildman–Crippen LogP) is 2.19. The van der Waals surface area contributed by atoms with Crippen molar-refractivity contribution < 1.29 is 9.59 Å². The van der Waals surface area contributed by atoms with Gasteiger partial charge in [0.15, 0.2) is 5.17 Å². The molecule has 0 radical (unpaired) electrons. The third kappa shape index (κ3) is 3.32. The quantitative estimate of drug-likeness (QED) is 0.899. The molecule has 0 aromatic heterocycles. The lowest BCUT2D eigenvalue weighted by molar-refractivity contribution is -0.122. The fraction of sp³-hybridized carbons (Fsp3) is 0.308. The molecule has 0 spiro atoms. The summed E-state index contributed by atoms with van der Waals surface area (Å²) in [6.45, 7) is 1.83. The van der Waals surface area contributed by atoms with Gasteiger partial charge < -0.3 is 10.6 Å². The Morgan fingerprint density at radius 1 is 1.55 bits per heavy atom. The van der Waals surface area contributed by atoms with E-state index in [1.54, 1.807) is 25.2 Å². The molecule has 1 aliphatic rings. The molecule has 1 aliphatic heterocycles. The molecule has 0 saturated carbocycles. The zero-order valence-electron chi connectivity index (χ0n) is 11.1. The van der Waals surface area contributed by atoms with Gasteiger partial charge >= 0.3 is 0 Å². The van der Waals surface area contributed by atoms with E-state index in [2.05, 4.69) is 15.6 Å². The fourth-order valence-electron chi connectivity index (χ4n) is 1.76. The van der Waals surface area contributed by atoms with Crippen LogP contribution in [0, 0.1) is 6.92 Å². The molecule has 0 aliphatic carbocycles. The van der Waals surface area contributed by atoms with Crippen LogP contribution in [0.5, 0.6) is 0 Å². The lowest BCUT2D eigenvalue weighted by Gasteiger charge is -2.10. The monoisotopic (exact) mass is 311 g/mol. The van der Waals surface area contributed by atoms with Crippen LogP contribution in [0.15, 0.2) is 23.2 Å². The van der Waals surface area contributed by atoms with E-state index in [0.29, 0.717) is 15.9 Å². The van der Waals surface area contributed by atoms with Gasteiger partial charge in [0.05, 0.1) is 0 Å². The van der Waals surface area contributed by atoms with Crippen LogP contribution in [0.1, 0.15) is 12.0 Å². The Hall–Kier alpha value is -1.53. The van der Waals surface area contributed by atoms with Crippen LogP contribution < -0.4 is 10.6 Å². The number of rotatable bonds is 3. The maximum atomic E-state index is 12.0. The van der Waals surface area contributed by atoms with Crippen LogP contribution in [0.2, 0.25) is 5.02 Å². The molecule has 1 saturated heterocycles. The highest BCUT2D eigenvalue weighted by atomic mass is 35.5.